The molecule has 0 radical (unpaired) electrons. The minimum Gasteiger partial charge on any atom is -0.479 e. The summed E-state index contributed by atoms with van der Waals surface area (Å²) in [6, 6.07) is 6.62. The van der Waals surface area contributed by atoms with E-state index in [1.807, 2.05) is 26.8 Å². The summed E-state index contributed by atoms with van der Waals surface area (Å²) in [5.74, 6) is -8.33. The monoisotopic (exact) mass is 1990 g/mol. The van der Waals surface area contributed by atoms with Gasteiger partial charge in [0.1, 0.15) is 61.4 Å². The highest BCUT2D eigenvalue weighted by Crippen LogP contribution is 2.34. The SMILES string of the molecule is CCCNC(=O)[C@H](CCCCNC(=O)CCOCCOCCOCCOCCOCCOCCOCCOCCOCCOCCOCCOC(=O)Nc1cc(COC(=O)N(C)[C@H](C(=O)N[C@H](C(=O)N(C)[C@@H]([C@@H](C)CC)[C@@H](CC(=O)N2CCC[C@H]2[C@H](OC)[C@@H](C)C(=O)N[C@H](C)[C@@H](O)c2ccccc2)OC)C(C)C)C(C)C)ccc1O[C@@H]1O[C@H](C(=O)O)[C@H](O)[C@@H](O)[C@H]1O)NC(=O)[C@@H](CN)N1C(=O)C=CC1=O. The number of benzene rings is 2. The number of imide groups is 1. The van der Waals surface area contributed by atoms with Crippen molar-refractivity contribution >= 4 is 77.0 Å². The Morgan fingerprint density at radius 1 is 0.586 bits per heavy atom. The van der Waals surface area contributed by atoms with Gasteiger partial charge in [0.15, 0.2) is 6.10 Å². The average molecular weight is 2000 g/mol. The fourth-order valence-corrected chi connectivity index (χ4v) is 15.6. The molecule has 3 aliphatic heterocycles. The summed E-state index contributed by atoms with van der Waals surface area (Å²) in [4.78, 5) is 165. The number of nitrogens with zero attached hydrogens (tertiary/aromatic N) is 4. The van der Waals surface area contributed by atoms with Crippen LogP contribution in [0.4, 0.5) is 15.3 Å². The highest BCUT2D eigenvalue weighted by molar-refractivity contribution is 6.15. The summed E-state index contributed by atoms with van der Waals surface area (Å²) < 4.78 is 95.3. The highest BCUT2D eigenvalue weighted by Gasteiger charge is 2.50. The van der Waals surface area contributed by atoms with Crippen LogP contribution in [0.3, 0.4) is 0 Å². The quantitative estimate of drug-likeness (QED) is 0.0330. The molecule has 5 rings (SSSR count). The summed E-state index contributed by atoms with van der Waals surface area (Å²) in [5, 5.41) is 69.0. The fourth-order valence-electron chi connectivity index (χ4n) is 15.6. The summed E-state index contributed by atoms with van der Waals surface area (Å²) in [7, 11) is 5.92. The smallest absolute Gasteiger partial charge is 0.411 e. The van der Waals surface area contributed by atoms with Gasteiger partial charge in [-0.05, 0) is 86.5 Å². The first-order valence-corrected chi connectivity index (χ1v) is 48.1. The second kappa shape index (κ2) is 68.0. The van der Waals surface area contributed by atoms with Gasteiger partial charge in [0.25, 0.3) is 11.8 Å². The number of nitrogens with one attached hydrogen (secondary N) is 6. The molecule has 0 aliphatic carbocycles. The van der Waals surface area contributed by atoms with Crippen molar-refractivity contribution in [3.05, 3.63) is 71.8 Å². The van der Waals surface area contributed by atoms with Crippen molar-refractivity contribution in [1.82, 2.24) is 46.2 Å². The van der Waals surface area contributed by atoms with Crippen LogP contribution in [-0.2, 0) is 130 Å². The van der Waals surface area contributed by atoms with Gasteiger partial charge in [0.05, 0.1) is 200 Å². The van der Waals surface area contributed by atoms with Crippen LogP contribution < -0.4 is 42.4 Å². The maximum absolute atomic E-state index is 14.9. The van der Waals surface area contributed by atoms with E-state index in [9.17, 15) is 83.1 Å². The van der Waals surface area contributed by atoms with Gasteiger partial charge in [0.2, 0.25) is 47.6 Å². The minimum absolute atomic E-state index is 0.0650. The Morgan fingerprint density at radius 2 is 1.12 bits per heavy atom. The number of likely N-dealkylation sites (N-methyl/N-ethyl adjacent to an activating group) is 2. The van der Waals surface area contributed by atoms with Gasteiger partial charge in [-0.15, -0.1) is 0 Å². The molecule has 794 valence electrons. The Hall–Kier alpha value is -9.34. The molecule has 0 aromatic heterocycles. The van der Waals surface area contributed by atoms with Gasteiger partial charge in [0, 0.05) is 73.1 Å². The van der Waals surface area contributed by atoms with E-state index in [0.29, 0.717) is 169 Å². The number of hydrogen-bond donors (Lipinski definition) is 12. The van der Waals surface area contributed by atoms with Gasteiger partial charge in [-0.3, -0.25) is 58.3 Å². The number of carbonyl (C=O) groups excluding carboxylic acids is 11. The number of aliphatic carboxylic acids is 1. The van der Waals surface area contributed by atoms with E-state index < -0.39 is 169 Å². The van der Waals surface area contributed by atoms with Gasteiger partial charge in [-0.25, -0.2) is 14.4 Å². The molecule has 45 heteroatoms. The van der Waals surface area contributed by atoms with E-state index in [0.717, 1.165) is 22.0 Å². The lowest BCUT2D eigenvalue weighted by molar-refractivity contribution is -0.271. The maximum atomic E-state index is 14.9. The average Bonchev–Trinajstić information content (AvgIpc) is 1.12. The zero-order valence-electron chi connectivity index (χ0n) is 83.3. The molecule has 2 saturated heterocycles. The Balaban J connectivity index is 0.910. The first-order chi connectivity index (χ1) is 67.2. The number of unbranched alkanes of at least 4 members (excludes halogenated alkanes) is 1. The van der Waals surface area contributed by atoms with E-state index in [2.05, 4.69) is 31.9 Å². The molecule has 0 spiro atoms. The van der Waals surface area contributed by atoms with Crippen molar-refractivity contribution in [3.8, 4) is 5.75 Å². The first kappa shape index (κ1) is 121. The van der Waals surface area contributed by atoms with Crippen LogP contribution in [0.2, 0.25) is 0 Å². The lowest BCUT2D eigenvalue weighted by atomic mass is 9.89. The van der Waals surface area contributed by atoms with E-state index in [4.69, 9.17) is 86.3 Å². The molecule has 2 aromatic carbocycles. The van der Waals surface area contributed by atoms with Crippen molar-refractivity contribution in [2.45, 2.75) is 218 Å². The number of nitrogens with two attached hydrogens (primary N) is 1. The van der Waals surface area contributed by atoms with Crippen LogP contribution in [0.25, 0.3) is 0 Å². The molecule has 2 fully saturated rings. The molecule has 140 heavy (non-hydrogen) atoms. The second-order valence-corrected chi connectivity index (χ2v) is 34.6. The Morgan fingerprint density at radius 3 is 1.61 bits per heavy atom. The number of carboxylic acids is 1. The topological polar surface area (TPSA) is 574 Å². The number of ether oxygens (including phenoxy) is 17. The number of anilines is 1. The highest BCUT2D eigenvalue weighted by atomic mass is 16.7. The predicted molar refractivity (Wildman–Crippen MR) is 504 cm³/mol. The first-order valence-electron chi connectivity index (χ1n) is 48.1. The van der Waals surface area contributed by atoms with Crippen LogP contribution in [0, 0.1) is 23.7 Å². The normalized spacial score (nSPS) is 18.8. The van der Waals surface area contributed by atoms with Gasteiger partial charge in [-0.2, -0.15) is 0 Å². The minimum atomic E-state index is -2.04. The maximum Gasteiger partial charge on any atom is 0.411 e. The number of carboxylic acid groups (broad SMARTS) is 1. The molecule has 0 saturated carbocycles. The van der Waals surface area contributed by atoms with Crippen LogP contribution in [0.1, 0.15) is 137 Å². The van der Waals surface area contributed by atoms with Crippen molar-refractivity contribution in [3.63, 3.8) is 0 Å². The standard InChI is InChI=1S/C95H155N11O34/c1-14-31-98-88(116)68(100-89(117)71(59-96)106-75(108)28-29-76(106)109)24-19-20-32-97-74(107)30-34-126-35-36-127-37-38-128-39-40-129-41-42-130-43-44-131-45-46-132-47-48-133-49-50-134-51-52-135-53-54-136-55-56-137-94(122)101-69-57-66(26-27-72(69)139-93-84(114)82(112)83(113)86(140-93)92(120)121)60-138-95(123)104(11)79(62(5)6)90(118)102-78(61(3)4)91(119)103(10)80(63(7)15-2)73(124-12)58-77(110)105-33-21-25-70(105)85(125-13)64(8)87(115)99-65(9)81(111)67-22-17-16-18-23-67/h16-18,22-23,26-29,57,61-65,68,70-71,73,78-86,93,111-114H,14-15,19-21,24-25,30-56,58-60,96H2,1-13H3,(H,97,107)(H,98,116)(H,99,115)(H,100,117)(H,101,122)(H,102,118)(H,120,121)/t63-,64+,65+,68-,70-,71+,73+,78-,79-,80-,81+,82+,83+,84+,85+,86-,93+/m0/s1. The second-order valence-electron chi connectivity index (χ2n) is 34.6. The van der Waals surface area contributed by atoms with E-state index in [1.54, 1.807) is 77.8 Å². The lowest BCUT2D eigenvalue weighted by Gasteiger charge is -2.41. The number of rotatable bonds is 74. The molecule has 0 bridgehead atoms. The summed E-state index contributed by atoms with van der Waals surface area (Å²) in [6.07, 6.45) is -8.66. The van der Waals surface area contributed by atoms with Crippen molar-refractivity contribution < 1.29 is 164 Å². The van der Waals surface area contributed by atoms with Crippen molar-refractivity contribution in [2.75, 3.05) is 212 Å². The number of likely N-dealkylation sites (tertiary alicyclic amines) is 1. The Kier molecular flexibility index (Phi) is 58.8. The molecular weight excluding hydrogens is 1840 g/mol. The van der Waals surface area contributed by atoms with Gasteiger partial charge < -0.3 is 148 Å². The number of amides is 11. The van der Waals surface area contributed by atoms with Crippen LogP contribution in [0.5, 0.6) is 5.75 Å². The fraction of sp³-hybridized carbons (Fsp3) is 0.726. The number of aliphatic hydroxyl groups is 4. The Labute approximate surface area is 820 Å². The third-order valence-electron chi connectivity index (χ3n) is 23.5. The molecular formula is C95H155N11O34. The van der Waals surface area contributed by atoms with Gasteiger partial charge >= 0.3 is 18.2 Å². The summed E-state index contributed by atoms with van der Waals surface area (Å²) in [6.45, 7) is 23.0. The third-order valence-corrected chi connectivity index (χ3v) is 23.5. The third kappa shape index (κ3) is 42.3. The van der Waals surface area contributed by atoms with E-state index >= 15 is 0 Å². The molecule has 11 amide bonds. The van der Waals surface area contributed by atoms with E-state index in [1.165, 1.54) is 44.4 Å². The molecule has 17 atom stereocenters. The van der Waals surface area contributed by atoms with Crippen LogP contribution in [-0.4, -0.2) is 408 Å². The zero-order valence-corrected chi connectivity index (χ0v) is 83.3. The molecule has 3 heterocycles. The molecule has 13 N–H and O–H groups in total. The van der Waals surface area contributed by atoms with Crippen LogP contribution in [0.15, 0.2) is 60.7 Å². The Bertz CT molecular complexity index is 4020. The molecule has 45 nitrogen and oxygen atoms in total. The zero-order chi connectivity index (χ0) is 103. The largest absolute Gasteiger partial charge is 0.479 e. The van der Waals surface area contributed by atoms with Crippen LogP contribution >= 0.6 is 0 Å². The number of carbonyl (C=O) groups is 12. The summed E-state index contributed by atoms with van der Waals surface area (Å²) >= 11 is 0. The number of aliphatic hydroxyl groups excluding tert-OH is 4. The lowest BCUT2D eigenvalue weighted by Crippen LogP contribution is -2.61. The molecule has 0 unspecified atom stereocenters. The van der Waals surface area contributed by atoms with Crippen molar-refractivity contribution in [2.24, 2.45) is 29.4 Å². The molecule has 2 aromatic rings. The van der Waals surface area contributed by atoms with E-state index in [-0.39, 0.29) is 113 Å². The predicted octanol–water partition coefficient (Wildman–Crippen LogP) is 1.52. The van der Waals surface area contributed by atoms with Crippen molar-refractivity contribution in [1.29, 1.82) is 0 Å². The molecule has 3 aliphatic rings. The number of methoxy groups -OCH3 is 2. The summed E-state index contributed by atoms with van der Waals surface area (Å²) in [5.41, 5.74) is 6.42. The number of hydrogen-bond acceptors (Lipinski definition) is 34. The van der Waals surface area contributed by atoms with Gasteiger partial charge in [-0.1, -0.05) is 98.2 Å².